The van der Waals surface area contributed by atoms with Crippen molar-refractivity contribution < 1.29 is 12.8 Å². The highest BCUT2D eigenvalue weighted by Gasteiger charge is 2.27. The van der Waals surface area contributed by atoms with Crippen molar-refractivity contribution in [1.82, 2.24) is 4.98 Å². The van der Waals surface area contributed by atoms with Crippen LogP contribution in [0.2, 0.25) is 10.2 Å². The second-order valence-corrected chi connectivity index (χ2v) is 7.07. The van der Waals surface area contributed by atoms with E-state index in [1.165, 1.54) is 12.1 Å². The maximum absolute atomic E-state index is 12.5. The lowest BCUT2D eigenvalue weighted by Crippen LogP contribution is -2.02. The van der Waals surface area contributed by atoms with E-state index < -0.39 is 9.84 Å². The fourth-order valence-electron chi connectivity index (χ4n) is 1.88. The van der Waals surface area contributed by atoms with Crippen molar-refractivity contribution in [2.45, 2.75) is 9.92 Å². The van der Waals surface area contributed by atoms with Gasteiger partial charge in [-0.1, -0.05) is 29.8 Å². The predicted molar refractivity (Wildman–Crippen MR) is 83.9 cm³/mol. The number of benzene rings is 2. The summed E-state index contributed by atoms with van der Waals surface area (Å²) in [5, 5.41) is -0.0161. The average Bonchev–Trinajstić information content (AvgIpc) is 2.91. The van der Waals surface area contributed by atoms with Gasteiger partial charge in [-0.05, 0) is 48.0 Å². The zero-order valence-corrected chi connectivity index (χ0v) is 13.4. The van der Waals surface area contributed by atoms with Crippen LogP contribution >= 0.6 is 23.2 Å². The van der Waals surface area contributed by atoms with E-state index in [2.05, 4.69) is 4.98 Å². The molecule has 0 radical (unpaired) electrons. The van der Waals surface area contributed by atoms with E-state index in [-0.39, 0.29) is 21.0 Å². The Bertz CT molecular complexity index is 904. The zero-order valence-electron chi connectivity index (χ0n) is 11.0. The van der Waals surface area contributed by atoms with Gasteiger partial charge < -0.3 is 4.42 Å². The highest BCUT2D eigenvalue weighted by molar-refractivity contribution is 7.91. The van der Waals surface area contributed by atoms with Crippen molar-refractivity contribution in [3.8, 4) is 11.5 Å². The monoisotopic (exact) mass is 353 g/mol. The largest absolute Gasteiger partial charge is 0.423 e. The molecule has 0 fully saturated rings. The summed E-state index contributed by atoms with van der Waals surface area (Å²) in [4.78, 5) is 4.13. The van der Waals surface area contributed by atoms with Crippen LogP contribution in [0, 0.1) is 0 Å². The normalized spacial score (nSPS) is 11.5. The number of hydrogen-bond acceptors (Lipinski definition) is 4. The van der Waals surface area contributed by atoms with Crippen molar-refractivity contribution in [3.05, 3.63) is 64.8 Å². The number of rotatable bonds is 3. The lowest BCUT2D eigenvalue weighted by atomic mass is 10.2. The van der Waals surface area contributed by atoms with Crippen LogP contribution in [0.1, 0.15) is 0 Å². The number of sulfone groups is 1. The molecule has 0 saturated heterocycles. The Morgan fingerprint density at radius 2 is 1.55 bits per heavy atom. The Morgan fingerprint density at radius 3 is 2.18 bits per heavy atom. The van der Waals surface area contributed by atoms with E-state index >= 15 is 0 Å². The minimum Gasteiger partial charge on any atom is -0.423 e. The number of hydrogen-bond donors (Lipinski definition) is 0. The molecule has 3 aromatic rings. The molecular weight excluding hydrogens is 345 g/mol. The first-order chi connectivity index (χ1) is 10.5. The molecule has 1 heterocycles. The summed E-state index contributed by atoms with van der Waals surface area (Å²) in [6, 6.07) is 14.6. The maximum Gasteiger partial charge on any atom is 0.233 e. The molecule has 0 amide bonds. The molecule has 1 aromatic heterocycles. The van der Waals surface area contributed by atoms with Crippen LogP contribution in [-0.4, -0.2) is 13.4 Å². The average molecular weight is 354 g/mol. The van der Waals surface area contributed by atoms with Gasteiger partial charge >= 0.3 is 0 Å². The van der Waals surface area contributed by atoms with Gasteiger partial charge in [0.05, 0.1) is 4.90 Å². The third-order valence-electron chi connectivity index (χ3n) is 2.96. The summed E-state index contributed by atoms with van der Waals surface area (Å²) in [6.07, 6.45) is 0. The van der Waals surface area contributed by atoms with Gasteiger partial charge in [-0.25, -0.2) is 8.42 Å². The molecule has 7 heteroatoms. The van der Waals surface area contributed by atoms with Crippen molar-refractivity contribution in [2.24, 2.45) is 0 Å². The molecule has 0 spiro atoms. The summed E-state index contributed by atoms with van der Waals surface area (Å²) in [5.74, 6) is 0.121. The van der Waals surface area contributed by atoms with Crippen LogP contribution in [0.3, 0.4) is 0 Å². The minimum atomic E-state index is -3.83. The SMILES string of the molecule is O=S(=O)(c1ccccc1)c1nc(-c2ccc(Cl)cc2)oc1Cl. The first-order valence-corrected chi connectivity index (χ1v) is 8.45. The van der Waals surface area contributed by atoms with E-state index in [1.54, 1.807) is 42.5 Å². The van der Waals surface area contributed by atoms with Crippen LogP contribution in [0.15, 0.2) is 68.9 Å². The quantitative estimate of drug-likeness (QED) is 0.696. The molecule has 22 heavy (non-hydrogen) atoms. The molecule has 2 aromatic carbocycles. The molecule has 0 N–H and O–H groups in total. The molecule has 0 bridgehead atoms. The number of halogens is 2. The van der Waals surface area contributed by atoms with Gasteiger partial charge in [0.1, 0.15) is 0 Å². The van der Waals surface area contributed by atoms with Crippen LogP contribution in [0.25, 0.3) is 11.5 Å². The first-order valence-electron chi connectivity index (χ1n) is 6.21. The third kappa shape index (κ3) is 2.75. The Morgan fingerprint density at radius 1 is 0.909 bits per heavy atom. The van der Waals surface area contributed by atoms with E-state index in [0.29, 0.717) is 10.6 Å². The number of oxazole rings is 1. The van der Waals surface area contributed by atoms with Crippen molar-refractivity contribution in [1.29, 1.82) is 0 Å². The van der Waals surface area contributed by atoms with Gasteiger partial charge in [0.15, 0.2) is 0 Å². The summed E-state index contributed by atoms with van der Waals surface area (Å²) >= 11 is 11.7. The second-order valence-electron chi connectivity index (χ2n) is 4.42. The summed E-state index contributed by atoms with van der Waals surface area (Å²) < 4.78 is 30.3. The standard InChI is InChI=1S/C15H9Cl2NO3S/c16-11-8-6-10(7-9-11)14-18-15(13(17)21-14)22(19,20)12-4-2-1-3-5-12/h1-9H. The van der Waals surface area contributed by atoms with Crippen LogP contribution < -0.4 is 0 Å². The maximum atomic E-state index is 12.5. The highest BCUT2D eigenvalue weighted by Crippen LogP contribution is 2.32. The van der Waals surface area contributed by atoms with E-state index in [0.717, 1.165) is 0 Å². The molecular formula is C15H9Cl2NO3S. The van der Waals surface area contributed by atoms with Gasteiger partial charge in [0.25, 0.3) is 0 Å². The highest BCUT2D eigenvalue weighted by atomic mass is 35.5. The van der Waals surface area contributed by atoms with Crippen molar-refractivity contribution in [2.75, 3.05) is 0 Å². The van der Waals surface area contributed by atoms with Gasteiger partial charge in [-0.2, -0.15) is 4.98 Å². The second kappa shape index (κ2) is 5.76. The van der Waals surface area contributed by atoms with E-state index in [4.69, 9.17) is 27.6 Å². The molecule has 0 aliphatic carbocycles. The predicted octanol–water partition coefficient (Wildman–Crippen LogP) is 4.48. The lowest BCUT2D eigenvalue weighted by molar-refractivity contribution is 0.568. The summed E-state index contributed by atoms with van der Waals surface area (Å²) in [5.41, 5.74) is 0.584. The Hall–Kier alpha value is -1.82. The Kier molecular flexibility index (Phi) is 3.95. The van der Waals surface area contributed by atoms with Gasteiger partial charge in [-0.15, -0.1) is 0 Å². The summed E-state index contributed by atoms with van der Waals surface area (Å²) in [7, 11) is -3.83. The van der Waals surface area contributed by atoms with Gasteiger partial charge in [0, 0.05) is 10.6 Å². The summed E-state index contributed by atoms with van der Waals surface area (Å²) in [6.45, 7) is 0. The molecule has 0 saturated carbocycles. The minimum absolute atomic E-state index is 0.104. The molecule has 112 valence electrons. The molecule has 0 unspecified atom stereocenters. The molecule has 0 aliphatic heterocycles. The van der Waals surface area contributed by atoms with Crippen LogP contribution in [0.5, 0.6) is 0 Å². The topological polar surface area (TPSA) is 60.2 Å². The lowest BCUT2D eigenvalue weighted by Gasteiger charge is -1.99. The fraction of sp³-hybridized carbons (Fsp3) is 0. The van der Waals surface area contributed by atoms with Gasteiger partial charge in [-0.3, -0.25) is 0 Å². The molecule has 3 rings (SSSR count). The number of nitrogens with zero attached hydrogens (tertiary/aromatic N) is 1. The van der Waals surface area contributed by atoms with Crippen molar-refractivity contribution in [3.63, 3.8) is 0 Å². The van der Waals surface area contributed by atoms with E-state index in [9.17, 15) is 8.42 Å². The molecule has 0 aliphatic rings. The third-order valence-corrected chi connectivity index (χ3v) is 5.26. The molecule has 0 atom stereocenters. The smallest absolute Gasteiger partial charge is 0.233 e. The van der Waals surface area contributed by atoms with Crippen LogP contribution in [-0.2, 0) is 9.84 Å². The van der Waals surface area contributed by atoms with Crippen molar-refractivity contribution >= 4 is 33.0 Å². The Balaban J connectivity index is 2.08. The zero-order chi connectivity index (χ0) is 15.7. The van der Waals surface area contributed by atoms with E-state index in [1.807, 2.05) is 0 Å². The van der Waals surface area contributed by atoms with Gasteiger partial charge in [0.2, 0.25) is 26.0 Å². The fourth-order valence-corrected chi connectivity index (χ4v) is 3.62. The Labute approximate surface area is 137 Å². The van der Waals surface area contributed by atoms with Crippen LogP contribution in [0.4, 0.5) is 0 Å². The first kappa shape index (κ1) is 15.1. The molecule has 4 nitrogen and oxygen atoms in total. The number of aromatic nitrogens is 1.